The third kappa shape index (κ3) is 1.48. The van der Waals surface area contributed by atoms with Gasteiger partial charge in [0.1, 0.15) is 0 Å². The molecular weight excluding hydrogens is 332 g/mol. The summed E-state index contributed by atoms with van der Waals surface area (Å²) in [5, 5.41) is 11.2. The summed E-state index contributed by atoms with van der Waals surface area (Å²) in [7, 11) is 0. The Bertz CT molecular complexity index is 826. The molecule has 3 fully saturated rings. The van der Waals surface area contributed by atoms with Crippen molar-refractivity contribution >= 4 is 34.8 Å². The molecule has 0 N–H and O–H groups in total. The Balaban J connectivity index is 1.59. The first kappa shape index (κ1) is 14.2. The molecule has 3 aliphatic carbocycles. The fourth-order valence-electron chi connectivity index (χ4n) is 5.10. The summed E-state index contributed by atoms with van der Waals surface area (Å²) < 4.78 is 0. The molecule has 0 unspecified atom stereocenters. The zero-order valence-electron chi connectivity index (χ0n) is 12.5. The van der Waals surface area contributed by atoms with Gasteiger partial charge in [0.25, 0.3) is 5.69 Å². The number of benzene rings is 1. The SMILES string of the molecule is O=C1[C@@H]2[C@@H](C(=O)N1c1cc([N+](=O)[O-])ccc1Cl)[C@@H]1C=C[C@H]2C12CC2. The molecule has 0 radical (unpaired) electrons. The summed E-state index contributed by atoms with van der Waals surface area (Å²) in [5.41, 5.74) is 0.0606. The summed E-state index contributed by atoms with van der Waals surface area (Å²) >= 11 is 6.14. The highest BCUT2D eigenvalue weighted by molar-refractivity contribution is 6.36. The van der Waals surface area contributed by atoms with Gasteiger partial charge in [0.05, 0.1) is 27.5 Å². The van der Waals surface area contributed by atoms with Crippen LogP contribution in [-0.2, 0) is 9.59 Å². The van der Waals surface area contributed by atoms with Crippen molar-refractivity contribution < 1.29 is 14.5 Å². The van der Waals surface area contributed by atoms with Crippen LogP contribution in [-0.4, -0.2) is 16.7 Å². The molecule has 1 saturated heterocycles. The zero-order valence-corrected chi connectivity index (χ0v) is 13.3. The molecule has 1 aromatic carbocycles. The van der Waals surface area contributed by atoms with E-state index in [0.717, 1.165) is 17.7 Å². The Labute approximate surface area is 142 Å². The minimum atomic E-state index is -0.559. The van der Waals surface area contributed by atoms with Crippen LogP contribution in [0.3, 0.4) is 0 Å². The van der Waals surface area contributed by atoms with Gasteiger partial charge in [-0.2, -0.15) is 0 Å². The highest BCUT2D eigenvalue weighted by Crippen LogP contribution is 2.73. The number of allylic oxidation sites excluding steroid dienone is 2. The Morgan fingerprint density at radius 2 is 1.71 bits per heavy atom. The molecule has 5 rings (SSSR count). The molecule has 1 aliphatic heterocycles. The number of halogens is 1. The second kappa shape index (κ2) is 4.25. The number of non-ortho nitro benzene ring substituents is 1. The lowest BCUT2D eigenvalue weighted by molar-refractivity contribution is -0.384. The number of nitro groups is 1. The number of nitro benzene ring substituents is 1. The van der Waals surface area contributed by atoms with E-state index >= 15 is 0 Å². The first-order chi connectivity index (χ1) is 11.5. The molecule has 2 saturated carbocycles. The van der Waals surface area contributed by atoms with Gasteiger partial charge in [-0.25, -0.2) is 4.90 Å². The molecule has 4 atom stereocenters. The topological polar surface area (TPSA) is 80.5 Å². The second-order valence-corrected chi connectivity index (χ2v) is 7.53. The first-order valence-corrected chi connectivity index (χ1v) is 8.33. The molecule has 122 valence electrons. The molecule has 24 heavy (non-hydrogen) atoms. The zero-order chi connectivity index (χ0) is 16.8. The third-order valence-electron chi connectivity index (χ3n) is 6.23. The maximum atomic E-state index is 13.0. The van der Waals surface area contributed by atoms with Gasteiger partial charge in [-0.15, -0.1) is 0 Å². The summed E-state index contributed by atoms with van der Waals surface area (Å²) in [6.45, 7) is 0. The summed E-state index contributed by atoms with van der Waals surface area (Å²) in [5.74, 6) is -0.987. The normalized spacial score (nSPS) is 34.3. The van der Waals surface area contributed by atoms with Crippen LogP contribution in [0, 0.1) is 39.2 Å². The van der Waals surface area contributed by atoms with Gasteiger partial charge in [-0.1, -0.05) is 23.8 Å². The molecule has 2 amide bonds. The Morgan fingerprint density at radius 1 is 1.12 bits per heavy atom. The highest BCUT2D eigenvalue weighted by Gasteiger charge is 2.73. The van der Waals surface area contributed by atoms with E-state index < -0.39 is 4.92 Å². The Morgan fingerprint density at radius 3 is 2.21 bits per heavy atom. The van der Waals surface area contributed by atoms with Crippen LogP contribution in [0.15, 0.2) is 30.4 Å². The Hall–Kier alpha value is -2.21. The van der Waals surface area contributed by atoms with Gasteiger partial charge in [0.2, 0.25) is 11.8 Å². The number of anilines is 1. The van der Waals surface area contributed by atoms with E-state index in [1.807, 2.05) is 0 Å². The minimum Gasteiger partial charge on any atom is -0.274 e. The van der Waals surface area contributed by atoms with Crippen LogP contribution in [0.25, 0.3) is 0 Å². The quantitative estimate of drug-likeness (QED) is 0.357. The summed E-state index contributed by atoms with van der Waals surface area (Å²) in [4.78, 5) is 37.5. The maximum absolute atomic E-state index is 13.0. The average molecular weight is 345 g/mol. The van der Waals surface area contributed by atoms with Gasteiger partial charge in [0, 0.05) is 12.1 Å². The van der Waals surface area contributed by atoms with Crippen molar-refractivity contribution in [1.29, 1.82) is 0 Å². The number of carbonyl (C=O) groups excluding carboxylic acids is 2. The number of hydrogen-bond donors (Lipinski definition) is 0. The van der Waals surface area contributed by atoms with E-state index in [-0.39, 0.29) is 57.3 Å². The monoisotopic (exact) mass is 344 g/mol. The van der Waals surface area contributed by atoms with E-state index in [9.17, 15) is 19.7 Å². The molecule has 1 spiro atoms. The second-order valence-electron chi connectivity index (χ2n) is 7.13. The number of fused-ring (bicyclic) bond motifs is 3. The summed E-state index contributed by atoms with van der Waals surface area (Å²) in [6.07, 6.45) is 6.31. The van der Waals surface area contributed by atoms with Gasteiger partial charge in [0.15, 0.2) is 0 Å². The van der Waals surface area contributed by atoms with Gasteiger partial charge in [-0.3, -0.25) is 19.7 Å². The van der Waals surface area contributed by atoms with Crippen molar-refractivity contribution in [3.05, 3.63) is 45.5 Å². The highest BCUT2D eigenvalue weighted by atomic mass is 35.5. The van der Waals surface area contributed by atoms with Crippen molar-refractivity contribution in [2.45, 2.75) is 12.8 Å². The van der Waals surface area contributed by atoms with E-state index in [4.69, 9.17) is 11.6 Å². The fraction of sp³-hybridized carbons (Fsp3) is 0.412. The maximum Gasteiger partial charge on any atom is 0.271 e. The van der Waals surface area contributed by atoms with Crippen molar-refractivity contribution in [2.75, 3.05) is 4.90 Å². The molecule has 4 aliphatic rings. The van der Waals surface area contributed by atoms with Gasteiger partial charge in [-0.05, 0) is 36.2 Å². The number of rotatable bonds is 2. The number of carbonyl (C=O) groups is 2. The van der Waals surface area contributed by atoms with Gasteiger partial charge >= 0.3 is 0 Å². The standard InChI is InChI=1S/C17H13ClN2O4/c18-11-4-1-8(20(23)24)7-12(11)19-15(21)13-9-2-3-10(14(13)16(19)22)17(9)5-6-17/h1-4,7,9-10,13-14H,5-6H2/t9-,10+,13-,14-/m0/s1. The largest absolute Gasteiger partial charge is 0.274 e. The predicted molar refractivity (Wildman–Crippen MR) is 85.4 cm³/mol. The Kier molecular flexibility index (Phi) is 2.51. The van der Waals surface area contributed by atoms with Crippen LogP contribution in [0.2, 0.25) is 5.02 Å². The summed E-state index contributed by atoms with van der Waals surface area (Å²) in [6, 6.07) is 3.84. The third-order valence-corrected chi connectivity index (χ3v) is 6.55. The molecular formula is C17H13ClN2O4. The van der Waals surface area contributed by atoms with Crippen LogP contribution >= 0.6 is 11.6 Å². The van der Waals surface area contributed by atoms with Crippen molar-refractivity contribution in [1.82, 2.24) is 0 Å². The van der Waals surface area contributed by atoms with Crippen LogP contribution in [0.4, 0.5) is 11.4 Å². The van der Waals surface area contributed by atoms with E-state index in [0.29, 0.717) is 0 Å². The first-order valence-electron chi connectivity index (χ1n) is 7.96. The van der Waals surface area contributed by atoms with E-state index in [1.165, 1.54) is 18.2 Å². The number of nitrogens with zero attached hydrogens (tertiary/aromatic N) is 2. The lowest BCUT2D eigenvalue weighted by Gasteiger charge is -2.22. The molecule has 1 heterocycles. The fourth-order valence-corrected chi connectivity index (χ4v) is 5.30. The molecule has 1 aromatic rings. The molecule has 0 aromatic heterocycles. The molecule has 2 bridgehead atoms. The molecule has 7 heteroatoms. The van der Waals surface area contributed by atoms with Crippen LogP contribution in [0.1, 0.15) is 12.8 Å². The predicted octanol–water partition coefficient (Wildman–Crippen LogP) is 2.95. The van der Waals surface area contributed by atoms with Crippen molar-refractivity contribution in [3.63, 3.8) is 0 Å². The lowest BCUT2D eigenvalue weighted by atomic mass is 9.85. The van der Waals surface area contributed by atoms with Crippen molar-refractivity contribution in [2.24, 2.45) is 29.1 Å². The minimum absolute atomic E-state index is 0.117. The number of hydrogen-bond acceptors (Lipinski definition) is 4. The average Bonchev–Trinajstić information content (AvgIpc) is 3.14. The smallest absolute Gasteiger partial charge is 0.271 e. The molecule has 6 nitrogen and oxygen atoms in total. The number of imide groups is 1. The van der Waals surface area contributed by atoms with E-state index in [2.05, 4.69) is 12.2 Å². The van der Waals surface area contributed by atoms with Crippen LogP contribution in [0.5, 0.6) is 0 Å². The van der Waals surface area contributed by atoms with Crippen molar-refractivity contribution in [3.8, 4) is 0 Å². The lowest BCUT2D eigenvalue weighted by Crippen LogP contribution is -2.35. The van der Waals surface area contributed by atoms with Crippen LogP contribution < -0.4 is 4.90 Å². The van der Waals surface area contributed by atoms with Gasteiger partial charge < -0.3 is 0 Å². The van der Waals surface area contributed by atoms with E-state index in [1.54, 1.807) is 0 Å². The number of amides is 2.